The molecule has 2 aromatic carbocycles. The van der Waals surface area contributed by atoms with Crippen LogP contribution in [-0.4, -0.2) is 18.7 Å². The summed E-state index contributed by atoms with van der Waals surface area (Å²) < 4.78 is 5.76. The number of rotatable bonds is 8. The molecule has 4 rings (SSSR count). The fourth-order valence-electron chi connectivity index (χ4n) is 3.79. The molecule has 32 heavy (non-hydrogen) atoms. The van der Waals surface area contributed by atoms with Crippen LogP contribution in [-0.2, 0) is 19.4 Å². The normalized spacial score (nSPS) is 13.3. The summed E-state index contributed by atoms with van der Waals surface area (Å²) in [5.74, 6) is 1.33. The van der Waals surface area contributed by atoms with E-state index in [1.807, 2.05) is 60.8 Å². The van der Waals surface area contributed by atoms with Crippen LogP contribution in [0.3, 0.4) is 0 Å². The molecule has 166 valence electrons. The molecule has 1 amide bonds. The first kappa shape index (κ1) is 22.3. The number of hydrogen-bond acceptors (Lipinski definition) is 4. The van der Waals surface area contributed by atoms with Crippen LogP contribution >= 0.6 is 11.3 Å². The Labute approximate surface area is 194 Å². The van der Waals surface area contributed by atoms with E-state index in [2.05, 4.69) is 19.2 Å². The van der Waals surface area contributed by atoms with Crippen molar-refractivity contribution in [2.75, 3.05) is 6.61 Å². The topological polar surface area (TPSA) is 50.7 Å². The third-order valence-electron chi connectivity index (χ3n) is 5.47. The van der Waals surface area contributed by atoms with Gasteiger partial charge in [-0.15, -0.1) is 11.3 Å². The van der Waals surface area contributed by atoms with Gasteiger partial charge in [-0.05, 0) is 72.6 Å². The van der Waals surface area contributed by atoms with Gasteiger partial charge in [0.2, 0.25) is 0 Å². The third kappa shape index (κ3) is 5.65. The highest BCUT2D eigenvalue weighted by atomic mass is 32.1. The molecule has 3 aromatic rings. The van der Waals surface area contributed by atoms with Crippen LogP contribution in [0.25, 0.3) is 0 Å². The van der Waals surface area contributed by atoms with E-state index >= 15 is 0 Å². The summed E-state index contributed by atoms with van der Waals surface area (Å²) in [6, 6.07) is 18.0. The zero-order valence-electron chi connectivity index (χ0n) is 18.8. The number of amides is 1. The van der Waals surface area contributed by atoms with E-state index in [0.29, 0.717) is 19.1 Å². The molecule has 1 N–H and O–H groups in total. The number of benzene rings is 2. The van der Waals surface area contributed by atoms with E-state index < -0.39 is 0 Å². The van der Waals surface area contributed by atoms with Crippen molar-refractivity contribution in [3.63, 3.8) is 0 Å². The number of hydrogen-bond donors (Lipinski definition) is 1. The van der Waals surface area contributed by atoms with Gasteiger partial charge in [0.25, 0.3) is 5.91 Å². The minimum atomic E-state index is -0.0298. The quantitative estimate of drug-likeness (QED) is 0.410. The number of ether oxygens (including phenoxy) is 1. The van der Waals surface area contributed by atoms with Crippen LogP contribution in [0.15, 0.2) is 59.6 Å². The van der Waals surface area contributed by atoms with Crippen LogP contribution in [0, 0.1) is 5.92 Å². The van der Waals surface area contributed by atoms with Gasteiger partial charge in [-0.25, -0.2) is 4.99 Å². The second-order valence-corrected chi connectivity index (χ2v) is 9.68. The summed E-state index contributed by atoms with van der Waals surface area (Å²) in [6.45, 7) is 5.49. The van der Waals surface area contributed by atoms with Crippen LogP contribution in [0.1, 0.15) is 58.6 Å². The number of nitrogens with zero attached hydrogens (tertiary/aromatic N) is 1. The Morgan fingerprint density at radius 3 is 2.59 bits per heavy atom. The zero-order chi connectivity index (χ0) is 22.3. The van der Waals surface area contributed by atoms with Crippen molar-refractivity contribution in [3.05, 3.63) is 81.7 Å². The maximum atomic E-state index is 13.2. The Kier molecular flexibility index (Phi) is 7.38. The molecule has 1 aliphatic rings. The molecule has 5 heteroatoms. The van der Waals surface area contributed by atoms with Crippen molar-refractivity contribution in [1.29, 1.82) is 0 Å². The molecular weight excluding hydrogens is 416 g/mol. The zero-order valence-corrected chi connectivity index (χ0v) is 19.6. The molecule has 0 saturated heterocycles. The van der Waals surface area contributed by atoms with Crippen LogP contribution in [0.2, 0.25) is 0 Å². The summed E-state index contributed by atoms with van der Waals surface area (Å²) in [7, 11) is 0. The van der Waals surface area contributed by atoms with E-state index in [9.17, 15) is 4.79 Å². The van der Waals surface area contributed by atoms with Crippen molar-refractivity contribution in [2.24, 2.45) is 10.9 Å². The Morgan fingerprint density at radius 1 is 1.09 bits per heavy atom. The van der Waals surface area contributed by atoms with Crippen molar-refractivity contribution in [3.8, 4) is 5.75 Å². The number of aryl methyl sites for hydroxylation is 1. The molecular formula is C27H30N2O2S. The van der Waals surface area contributed by atoms with Crippen LogP contribution in [0.5, 0.6) is 5.75 Å². The number of carbonyl (C=O) groups excluding carboxylic acids is 1. The Hall–Kier alpha value is -2.92. The average molecular weight is 447 g/mol. The molecule has 0 unspecified atom stereocenters. The lowest BCUT2D eigenvalue weighted by Gasteiger charge is -2.12. The van der Waals surface area contributed by atoms with Crippen molar-refractivity contribution >= 4 is 28.5 Å². The second-order valence-electron chi connectivity index (χ2n) is 8.59. The van der Waals surface area contributed by atoms with E-state index in [1.54, 1.807) is 11.3 Å². The number of fused-ring (bicyclic) bond motifs is 1. The van der Waals surface area contributed by atoms with E-state index in [4.69, 9.17) is 9.73 Å². The summed E-state index contributed by atoms with van der Waals surface area (Å²) in [5.41, 5.74) is 4.03. The summed E-state index contributed by atoms with van der Waals surface area (Å²) in [6.07, 6.45) is 6.15. The first-order chi connectivity index (χ1) is 15.6. The lowest BCUT2D eigenvalue weighted by molar-refractivity contribution is 0.0951. The first-order valence-electron chi connectivity index (χ1n) is 11.3. The van der Waals surface area contributed by atoms with Crippen molar-refractivity contribution in [1.82, 2.24) is 5.32 Å². The lowest BCUT2D eigenvalue weighted by Crippen LogP contribution is -2.24. The number of aliphatic imine (C=N–C) groups is 1. The van der Waals surface area contributed by atoms with Gasteiger partial charge in [0.15, 0.2) is 0 Å². The van der Waals surface area contributed by atoms with Crippen molar-refractivity contribution < 1.29 is 9.53 Å². The first-order valence-corrected chi connectivity index (χ1v) is 12.2. The summed E-state index contributed by atoms with van der Waals surface area (Å²) in [4.78, 5) is 19.2. The predicted octanol–water partition coefficient (Wildman–Crippen LogP) is 6.34. The fraction of sp³-hybridized carbons (Fsp3) is 0.333. The smallest absolute Gasteiger partial charge is 0.254 e. The average Bonchev–Trinajstić information content (AvgIpc) is 3.19. The molecule has 0 spiro atoms. The van der Waals surface area contributed by atoms with Gasteiger partial charge < -0.3 is 10.1 Å². The number of nitrogens with one attached hydrogen (secondary N) is 1. The van der Waals surface area contributed by atoms with Gasteiger partial charge >= 0.3 is 0 Å². The SMILES string of the molecule is CC(C)COc1ccc(C=Nc2sc3c(c2C(=O)NCc2ccccc2)CCCC3)cc1. The lowest BCUT2D eigenvalue weighted by atomic mass is 9.95. The Balaban J connectivity index is 1.51. The molecule has 0 aliphatic heterocycles. The molecule has 0 bridgehead atoms. The summed E-state index contributed by atoms with van der Waals surface area (Å²) >= 11 is 1.66. The maximum Gasteiger partial charge on any atom is 0.254 e. The molecule has 1 aromatic heterocycles. The van der Waals surface area contributed by atoms with Gasteiger partial charge in [0.1, 0.15) is 10.8 Å². The molecule has 1 heterocycles. The highest BCUT2D eigenvalue weighted by Gasteiger charge is 2.25. The Bertz CT molecular complexity index is 1070. The standard InChI is InChI=1S/C27H30N2O2S/c1-19(2)18-31-22-14-12-21(13-15-22)17-29-27-25(23-10-6-7-11-24(23)32-27)26(30)28-16-20-8-4-3-5-9-20/h3-5,8-9,12-15,17,19H,6-7,10-11,16,18H2,1-2H3,(H,28,30). The maximum absolute atomic E-state index is 13.2. The van der Waals surface area contributed by atoms with Gasteiger partial charge in [-0.2, -0.15) is 0 Å². The molecule has 4 nitrogen and oxygen atoms in total. The second kappa shape index (κ2) is 10.6. The monoisotopic (exact) mass is 446 g/mol. The molecule has 1 aliphatic carbocycles. The molecule has 0 atom stereocenters. The van der Waals surface area contributed by atoms with Gasteiger partial charge in [-0.3, -0.25) is 4.79 Å². The number of carbonyl (C=O) groups is 1. The van der Waals surface area contributed by atoms with Gasteiger partial charge in [0, 0.05) is 17.6 Å². The fourth-order valence-corrected chi connectivity index (χ4v) is 5.02. The third-order valence-corrected chi connectivity index (χ3v) is 6.67. The van der Waals surface area contributed by atoms with E-state index in [-0.39, 0.29) is 5.91 Å². The molecule has 0 saturated carbocycles. The Morgan fingerprint density at radius 2 is 1.84 bits per heavy atom. The van der Waals surface area contributed by atoms with Crippen molar-refractivity contribution in [2.45, 2.75) is 46.1 Å². The number of thiophene rings is 1. The van der Waals surface area contributed by atoms with Crippen LogP contribution in [0.4, 0.5) is 5.00 Å². The largest absolute Gasteiger partial charge is 0.493 e. The molecule has 0 radical (unpaired) electrons. The van der Waals surface area contributed by atoms with Gasteiger partial charge in [0.05, 0.1) is 12.2 Å². The predicted molar refractivity (Wildman–Crippen MR) is 133 cm³/mol. The molecule has 0 fully saturated rings. The van der Waals surface area contributed by atoms with Gasteiger partial charge in [-0.1, -0.05) is 44.2 Å². The highest BCUT2D eigenvalue weighted by molar-refractivity contribution is 7.16. The van der Waals surface area contributed by atoms with E-state index in [1.165, 1.54) is 16.9 Å². The highest BCUT2D eigenvalue weighted by Crippen LogP contribution is 2.39. The van der Waals surface area contributed by atoms with E-state index in [0.717, 1.165) is 46.7 Å². The van der Waals surface area contributed by atoms with Crippen LogP contribution < -0.4 is 10.1 Å². The summed E-state index contributed by atoms with van der Waals surface area (Å²) in [5, 5.41) is 3.91. The minimum Gasteiger partial charge on any atom is -0.493 e. The minimum absolute atomic E-state index is 0.0298.